The van der Waals surface area contributed by atoms with E-state index in [4.69, 9.17) is 0 Å². The topological polar surface area (TPSA) is 30.7 Å². The van der Waals surface area contributed by atoms with Crippen molar-refractivity contribution < 1.29 is 0 Å². The SMILES string of the molecule is [CH2]c1nn(C)nc1C. The Kier molecular flexibility index (Phi) is 1.04. The van der Waals surface area contributed by atoms with Crippen LogP contribution in [0, 0.1) is 13.8 Å². The third-order valence-electron chi connectivity index (χ3n) is 0.978. The summed E-state index contributed by atoms with van der Waals surface area (Å²) in [6.07, 6.45) is 0. The molecule has 0 aromatic carbocycles. The Morgan fingerprint density at radius 3 is 2.25 bits per heavy atom. The number of aromatic nitrogens is 3. The van der Waals surface area contributed by atoms with E-state index in [1.54, 1.807) is 7.05 Å². The first-order valence-corrected chi connectivity index (χ1v) is 2.40. The van der Waals surface area contributed by atoms with Crippen molar-refractivity contribution in [1.82, 2.24) is 15.0 Å². The van der Waals surface area contributed by atoms with Crippen LogP contribution in [-0.4, -0.2) is 15.0 Å². The molecule has 0 spiro atoms. The normalized spacial score (nSPS) is 9.88. The first-order valence-electron chi connectivity index (χ1n) is 2.40. The van der Waals surface area contributed by atoms with Gasteiger partial charge in [-0.15, -0.1) is 0 Å². The summed E-state index contributed by atoms with van der Waals surface area (Å²) in [6, 6.07) is 0. The molecule has 1 rings (SSSR count). The molecule has 0 saturated heterocycles. The van der Waals surface area contributed by atoms with Crippen LogP contribution in [0.1, 0.15) is 11.4 Å². The van der Waals surface area contributed by atoms with Crippen LogP contribution in [0.5, 0.6) is 0 Å². The summed E-state index contributed by atoms with van der Waals surface area (Å²) < 4.78 is 0. The van der Waals surface area contributed by atoms with Crippen molar-refractivity contribution in [2.45, 2.75) is 6.92 Å². The molecule has 43 valence electrons. The molecule has 0 atom stereocenters. The van der Waals surface area contributed by atoms with E-state index in [1.807, 2.05) is 6.92 Å². The lowest BCUT2D eigenvalue weighted by molar-refractivity contribution is 0.647. The number of hydrogen-bond acceptors (Lipinski definition) is 2. The smallest absolute Gasteiger partial charge is 0.0860 e. The maximum Gasteiger partial charge on any atom is 0.0860 e. The van der Waals surface area contributed by atoms with Crippen LogP contribution in [-0.2, 0) is 7.05 Å². The highest BCUT2D eigenvalue weighted by Crippen LogP contribution is 1.94. The van der Waals surface area contributed by atoms with Gasteiger partial charge in [0, 0.05) is 7.05 Å². The first-order chi connectivity index (χ1) is 3.70. The van der Waals surface area contributed by atoms with E-state index < -0.39 is 0 Å². The number of rotatable bonds is 0. The average Bonchev–Trinajstić information content (AvgIpc) is 1.85. The summed E-state index contributed by atoms with van der Waals surface area (Å²) in [4.78, 5) is 1.51. The quantitative estimate of drug-likeness (QED) is 0.481. The van der Waals surface area contributed by atoms with Crippen molar-refractivity contribution in [3.8, 4) is 0 Å². The molecular formula is C5H8N3. The van der Waals surface area contributed by atoms with Crippen LogP contribution >= 0.6 is 0 Å². The molecular weight excluding hydrogens is 102 g/mol. The van der Waals surface area contributed by atoms with Crippen molar-refractivity contribution >= 4 is 0 Å². The molecule has 0 saturated carbocycles. The lowest BCUT2D eigenvalue weighted by Gasteiger charge is -1.77. The highest BCUT2D eigenvalue weighted by atomic mass is 15.5. The van der Waals surface area contributed by atoms with Gasteiger partial charge in [-0.2, -0.15) is 15.0 Å². The van der Waals surface area contributed by atoms with Gasteiger partial charge < -0.3 is 0 Å². The largest absolute Gasteiger partial charge is 0.188 e. The molecule has 0 bridgehead atoms. The fourth-order valence-electron chi connectivity index (χ4n) is 0.544. The zero-order valence-electron chi connectivity index (χ0n) is 5.05. The van der Waals surface area contributed by atoms with Crippen LogP contribution in [0.4, 0.5) is 0 Å². The van der Waals surface area contributed by atoms with Crippen LogP contribution in [0.3, 0.4) is 0 Å². The molecule has 8 heavy (non-hydrogen) atoms. The Balaban J connectivity index is 3.14. The van der Waals surface area contributed by atoms with Gasteiger partial charge in [0.05, 0.1) is 11.4 Å². The molecule has 0 fully saturated rings. The second-order valence-corrected chi connectivity index (χ2v) is 1.72. The lowest BCUT2D eigenvalue weighted by Crippen LogP contribution is -1.91. The number of hydrogen-bond donors (Lipinski definition) is 0. The van der Waals surface area contributed by atoms with E-state index in [1.165, 1.54) is 4.80 Å². The minimum absolute atomic E-state index is 0.757. The van der Waals surface area contributed by atoms with Crippen molar-refractivity contribution in [2.24, 2.45) is 7.05 Å². The van der Waals surface area contributed by atoms with Crippen molar-refractivity contribution in [3.63, 3.8) is 0 Å². The van der Waals surface area contributed by atoms with E-state index in [2.05, 4.69) is 17.1 Å². The van der Waals surface area contributed by atoms with Crippen molar-refractivity contribution in [2.75, 3.05) is 0 Å². The second-order valence-electron chi connectivity index (χ2n) is 1.72. The van der Waals surface area contributed by atoms with E-state index in [-0.39, 0.29) is 0 Å². The molecule has 1 radical (unpaired) electrons. The predicted octanol–water partition coefficient (Wildman–Crippen LogP) is 0.306. The second kappa shape index (κ2) is 1.58. The summed E-state index contributed by atoms with van der Waals surface area (Å²) >= 11 is 0. The zero-order chi connectivity index (χ0) is 6.15. The van der Waals surface area contributed by atoms with E-state index in [0.717, 1.165) is 11.4 Å². The van der Waals surface area contributed by atoms with Crippen LogP contribution in [0.25, 0.3) is 0 Å². The number of nitrogens with zero attached hydrogens (tertiary/aromatic N) is 3. The van der Waals surface area contributed by atoms with Crippen LogP contribution < -0.4 is 0 Å². The molecule has 0 unspecified atom stereocenters. The molecule has 0 N–H and O–H groups in total. The Morgan fingerprint density at radius 2 is 2.12 bits per heavy atom. The summed E-state index contributed by atoms with van der Waals surface area (Å²) in [5, 5.41) is 7.86. The van der Waals surface area contributed by atoms with E-state index in [9.17, 15) is 0 Å². The highest BCUT2D eigenvalue weighted by molar-refractivity contribution is 5.08. The maximum absolute atomic E-state index is 3.95. The fourth-order valence-corrected chi connectivity index (χ4v) is 0.544. The Labute approximate surface area is 48.3 Å². The van der Waals surface area contributed by atoms with Gasteiger partial charge in [0.2, 0.25) is 0 Å². The molecule has 3 nitrogen and oxygen atoms in total. The molecule has 1 aromatic heterocycles. The minimum atomic E-state index is 0.757. The molecule has 0 aliphatic carbocycles. The van der Waals surface area contributed by atoms with Gasteiger partial charge in [0.1, 0.15) is 0 Å². The van der Waals surface area contributed by atoms with E-state index >= 15 is 0 Å². The van der Waals surface area contributed by atoms with Gasteiger partial charge in [-0.25, -0.2) is 0 Å². The Morgan fingerprint density at radius 1 is 1.50 bits per heavy atom. The van der Waals surface area contributed by atoms with Crippen molar-refractivity contribution in [1.29, 1.82) is 0 Å². The number of aryl methyl sites for hydroxylation is 2. The van der Waals surface area contributed by atoms with Crippen molar-refractivity contribution in [3.05, 3.63) is 18.3 Å². The van der Waals surface area contributed by atoms with Gasteiger partial charge >= 0.3 is 0 Å². The molecule has 1 heterocycles. The van der Waals surface area contributed by atoms with Gasteiger partial charge in [-0.1, -0.05) is 0 Å². The molecule has 1 aromatic rings. The average molecular weight is 110 g/mol. The Hall–Kier alpha value is -0.860. The molecule has 0 aliphatic heterocycles. The summed E-state index contributed by atoms with van der Waals surface area (Å²) in [6.45, 7) is 5.53. The van der Waals surface area contributed by atoms with Gasteiger partial charge in [0.15, 0.2) is 0 Å². The summed E-state index contributed by atoms with van der Waals surface area (Å²) in [5.74, 6) is 0. The summed E-state index contributed by atoms with van der Waals surface area (Å²) in [7, 11) is 1.78. The first kappa shape index (κ1) is 5.28. The van der Waals surface area contributed by atoms with Crippen LogP contribution in [0.15, 0.2) is 0 Å². The summed E-state index contributed by atoms with van der Waals surface area (Å²) in [5.41, 5.74) is 1.65. The standard InChI is InChI=1S/C5H8N3/c1-4-5(2)7-8(3)6-4/h1H2,2-3H3. The molecule has 0 aliphatic rings. The Bertz CT molecular complexity index is 170. The van der Waals surface area contributed by atoms with E-state index in [0.29, 0.717) is 0 Å². The molecule has 0 amide bonds. The van der Waals surface area contributed by atoms with Gasteiger partial charge in [0.25, 0.3) is 0 Å². The predicted molar refractivity (Wildman–Crippen MR) is 30.2 cm³/mol. The van der Waals surface area contributed by atoms with Crippen LogP contribution in [0.2, 0.25) is 0 Å². The highest BCUT2D eigenvalue weighted by Gasteiger charge is 1.94. The third-order valence-corrected chi connectivity index (χ3v) is 0.978. The maximum atomic E-state index is 3.95. The van der Waals surface area contributed by atoms with Gasteiger partial charge in [-0.05, 0) is 13.8 Å². The third kappa shape index (κ3) is 0.710. The lowest BCUT2D eigenvalue weighted by atomic mass is 10.4. The minimum Gasteiger partial charge on any atom is -0.188 e. The molecule has 3 heteroatoms. The fraction of sp³-hybridized carbons (Fsp3) is 0.400. The monoisotopic (exact) mass is 110 g/mol. The zero-order valence-corrected chi connectivity index (χ0v) is 5.05. The van der Waals surface area contributed by atoms with Gasteiger partial charge in [-0.3, -0.25) is 0 Å².